The average molecular weight is 466 g/mol. The summed E-state index contributed by atoms with van der Waals surface area (Å²) in [5.41, 5.74) is 1.27. The van der Waals surface area contributed by atoms with E-state index < -0.39 is 10.0 Å². The summed E-state index contributed by atoms with van der Waals surface area (Å²) in [6.45, 7) is 1.87. The molecule has 0 spiro atoms. The molecular weight excluding hydrogens is 450 g/mol. The van der Waals surface area contributed by atoms with E-state index in [4.69, 9.17) is 4.74 Å². The molecule has 0 amide bonds. The second kappa shape index (κ2) is 7.98. The highest BCUT2D eigenvalue weighted by Crippen LogP contribution is 2.26. The minimum absolute atomic E-state index is 0.0765. The standard InChI is InChI=1S/C20H15N7O3S2/c1-13-21-11-12-27(13)18-9-10-19(23-22-18)30-15-7-5-14(6-8-15)26-32(28,29)17-4-2-3-16-20(17)25-31-24-16/h2-12,26H,1H3. The van der Waals surface area contributed by atoms with Gasteiger partial charge < -0.3 is 4.74 Å². The third-order valence-electron chi connectivity index (χ3n) is 4.57. The maximum absolute atomic E-state index is 12.8. The molecule has 0 aliphatic heterocycles. The summed E-state index contributed by atoms with van der Waals surface area (Å²) in [5, 5.41) is 8.22. The summed E-state index contributed by atoms with van der Waals surface area (Å²) in [6.07, 6.45) is 3.48. The van der Waals surface area contributed by atoms with Crippen LogP contribution in [0, 0.1) is 6.92 Å². The third kappa shape index (κ3) is 3.88. The molecule has 0 unspecified atom stereocenters. The second-order valence-electron chi connectivity index (χ2n) is 6.69. The van der Waals surface area contributed by atoms with Gasteiger partial charge in [0.05, 0.1) is 11.7 Å². The number of ether oxygens (including phenoxy) is 1. The van der Waals surface area contributed by atoms with E-state index in [-0.39, 0.29) is 4.90 Å². The molecule has 0 aliphatic rings. The van der Waals surface area contributed by atoms with Crippen molar-refractivity contribution in [3.63, 3.8) is 0 Å². The summed E-state index contributed by atoms with van der Waals surface area (Å²) < 4.78 is 43.9. The third-order valence-corrected chi connectivity index (χ3v) is 6.52. The number of anilines is 1. The lowest BCUT2D eigenvalue weighted by molar-refractivity contribution is 0.454. The van der Waals surface area contributed by atoms with Crippen LogP contribution in [-0.2, 0) is 10.0 Å². The number of imidazole rings is 1. The van der Waals surface area contributed by atoms with Crippen LogP contribution >= 0.6 is 11.7 Å². The van der Waals surface area contributed by atoms with Crippen molar-refractivity contribution < 1.29 is 13.2 Å². The minimum Gasteiger partial charge on any atom is -0.438 e. The Hall–Kier alpha value is -3.90. The van der Waals surface area contributed by atoms with Gasteiger partial charge in [-0.05, 0) is 49.4 Å². The second-order valence-corrected chi connectivity index (χ2v) is 8.87. The highest BCUT2D eigenvalue weighted by Gasteiger charge is 2.19. The van der Waals surface area contributed by atoms with Crippen molar-refractivity contribution in [2.75, 3.05) is 4.72 Å². The molecule has 2 aromatic carbocycles. The van der Waals surface area contributed by atoms with Crippen LogP contribution < -0.4 is 9.46 Å². The van der Waals surface area contributed by atoms with E-state index in [9.17, 15) is 8.42 Å². The minimum atomic E-state index is -3.83. The number of sulfonamides is 1. The number of nitrogens with zero attached hydrogens (tertiary/aromatic N) is 6. The lowest BCUT2D eigenvalue weighted by Crippen LogP contribution is -2.13. The highest BCUT2D eigenvalue weighted by atomic mass is 32.2. The molecule has 5 rings (SSSR count). The van der Waals surface area contributed by atoms with Crippen molar-refractivity contribution in [1.82, 2.24) is 28.5 Å². The first kappa shape index (κ1) is 20.0. The van der Waals surface area contributed by atoms with Crippen molar-refractivity contribution in [2.45, 2.75) is 11.8 Å². The Morgan fingerprint density at radius 3 is 2.56 bits per heavy atom. The Morgan fingerprint density at radius 1 is 1.00 bits per heavy atom. The summed E-state index contributed by atoms with van der Waals surface area (Å²) >= 11 is 0.969. The Morgan fingerprint density at radius 2 is 1.84 bits per heavy atom. The van der Waals surface area contributed by atoms with Gasteiger partial charge in [0.15, 0.2) is 5.82 Å². The molecule has 32 heavy (non-hydrogen) atoms. The van der Waals surface area contributed by atoms with Crippen LogP contribution in [0.5, 0.6) is 11.6 Å². The summed E-state index contributed by atoms with van der Waals surface area (Å²) in [5.74, 6) is 2.22. The van der Waals surface area contributed by atoms with Crippen LogP contribution in [0.3, 0.4) is 0 Å². The fourth-order valence-corrected chi connectivity index (χ4v) is 4.86. The van der Waals surface area contributed by atoms with Gasteiger partial charge in [0.1, 0.15) is 27.5 Å². The van der Waals surface area contributed by atoms with Gasteiger partial charge in [-0.3, -0.25) is 9.29 Å². The fraction of sp³-hybridized carbons (Fsp3) is 0.0500. The van der Waals surface area contributed by atoms with Crippen LogP contribution in [-0.4, -0.2) is 36.9 Å². The number of fused-ring (bicyclic) bond motifs is 1. The zero-order valence-electron chi connectivity index (χ0n) is 16.6. The van der Waals surface area contributed by atoms with Crippen LogP contribution in [0.4, 0.5) is 5.69 Å². The normalized spacial score (nSPS) is 11.5. The summed E-state index contributed by atoms with van der Waals surface area (Å²) in [6, 6.07) is 14.8. The predicted molar refractivity (Wildman–Crippen MR) is 119 cm³/mol. The van der Waals surface area contributed by atoms with E-state index in [2.05, 4.69) is 28.7 Å². The summed E-state index contributed by atoms with van der Waals surface area (Å²) in [7, 11) is -3.83. The lowest BCUT2D eigenvalue weighted by Gasteiger charge is -2.10. The zero-order chi connectivity index (χ0) is 22.1. The maximum atomic E-state index is 12.8. The molecule has 12 heteroatoms. The molecule has 1 N–H and O–H groups in total. The van der Waals surface area contributed by atoms with Crippen molar-refractivity contribution in [3.8, 4) is 17.4 Å². The highest BCUT2D eigenvalue weighted by molar-refractivity contribution is 7.93. The molecular formula is C20H15N7O3S2. The number of benzene rings is 2. The molecule has 5 aromatic rings. The maximum Gasteiger partial charge on any atom is 0.264 e. The number of rotatable bonds is 6. The molecule has 10 nitrogen and oxygen atoms in total. The quantitative estimate of drug-likeness (QED) is 0.403. The van der Waals surface area contributed by atoms with Crippen LogP contribution in [0.2, 0.25) is 0 Å². The van der Waals surface area contributed by atoms with Gasteiger partial charge in [-0.1, -0.05) is 6.07 Å². The van der Waals surface area contributed by atoms with E-state index >= 15 is 0 Å². The first-order chi connectivity index (χ1) is 15.5. The molecule has 0 fully saturated rings. The number of nitrogens with one attached hydrogen (secondary N) is 1. The van der Waals surface area contributed by atoms with Crippen LogP contribution in [0.15, 0.2) is 71.9 Å². The number of aryl methyl sites for hydroxylation is 1. The summed E-state index contributed by atoms with van der Waals surface area (Å²) in [4.78, 5) is 4.23. The van der Waals surface area contributed by atoms with Crippen molar-refractivity contribution >= 4 is 38.5 Å². The molecule has 3 heterocycles. The predicted octanol–water partition coefficient (Wildman–Crippen LogP) is 3.57. The molecule has 0 radical (unpaired) electrons. The van der Waals surface area contributed by atoms with Gasteiger partial charge in [-0.2, -0.15) is 8.75 Å². The largest absolute Gasteiger partial charge is 0.438 e. The van der Waals surface area contributed by atoms with Crippen molar-refractivity contribution in [3.05, 3.63) is 72.8 Å². The molecule has 0 saturated heterocycles. The van der Waals surface area contributed by atoms with E-state index in [0.29, 0.717) is 34.2 Å². The smallest absolute Gasteiger partial charge is 0.264 e. The van der Waals surface area contributed by atoms with E-state index in [1.165, 1.54) is 6.07 Å². The lowest BCUT2D eigenvalue weighted by atomic mass is 10.3. The molecule has 0 bridgehead atoms. The van der Waals surface area contributed by atoms with Gasteiger partial charge in [0.2, 0.25) is 5.88 Å². The SMILES string of the molecule is Cc1nccn1-c1ccc(Oc2ccc(NS(=O)(=O)c3cccc4nsnc34)cc2)nn1. The fourth-order valence-electron chi connectivity index (χ4n) is 3.04. The Balaban J connectivity index is 1.30. The van der Waals surface area contributed by atoms with Crippen LogP contribution in [0.25, 0.3) is 16.9 Å². The first-order valence-electron chi connectivity index (χ1n) is 9.36. The molecule has 160 valence electrons. The van der Waals surface area contributed by atoms with Gasteiger partial charge in [0, 0.05) is 24.1 Å². The van der Waals surface area contributed by atoms with Gasteiger partial charge in [-0.25, -0.2) is 13.4 Å². The Kier molecular flexibility index (Phi) is 4.99. The molecule has 0 aliphatic carbocycles. The molecule has 3 aromatic heterocycles. The average Bonchev–Trinajstić information content (AvgIpc) is 3.44. The van der Waals surface area contributed by atoms with E-state index in [0.717, 1.165) is 17.6 Å². The zero-order valence-corrected chi connectivity index (χ0v) is 18.2. The number of aromatic nitrogens is 6. The number of hydrogen-bond donors (Lipinski definition) is 1. The van der Waals surface area contributed by atoms with Crippen molar-refractivity contribution in [1.29, 1.82) is 0 Å². The first-order valence-corrected chi connectivity index (χ1v) is 11.6. The number of hydrogen-bond acceptors (Lipinski definition) is 9. The molecule has 0 atom stereocenters. The van der Waals surface area contributed by atoms with Crippen molar-refractivity contribution in [2.24, 2.45) is 0 Å². The van der Waals surface area contributed by atoms with Gasteiger partial charge in [-0.15, -0.1) is 10.2 Å². The van der Waals surface area contributed by atoms with E-state index in [1.807, 2.05) is 6.92 Å². The Bertz CT molecular complexity index is 1490. The van der Waals surface area contributed by atoms with Crippen LogP contribution in [0.1, 0.15) is 5.82 Å². The monoisotopic (exact) mass is 465 g/mol. The topological polar surface area (TPSA) is 125 Å². The Labute approximate surface area is 186 Å². The van der Waals surface area contributed by atoms with Gasteiger partial charge >= 0.3 is 0 Å². The van der Waals surface area contributed by atoms with Gasteiger partial charge in [0.25, 0.3) is 10.0 Å². The van der Waals surface area contributed by atoms with E-state index in [1.54, 1.807) is 65.5 Å². The molecule has 0 saturated carbocycles.